The zero-order chi connectivity index (χ0) is 12.2. The van der Waals surface area contributed by atoms with Gasteiger partial charge in [-0.1, -0.05) is 6.92 Å². The third-order valence-corrected chi connectivity index (χ3v) is 4.56. The molecule has 0 aromatic rings. The van der Waals surface area contributed by atoms with Crippen molar-refractivity contribution in [3.63, 3.8) is 0 Å². The summed E-state index contributed by atoms with van der Waals surface area (Å²) in [6.45, 7) is 4.33. The van der Waals surface area contributed by atoms with Crippen molar-refractivity contribution in [1.82, 2.24) is 4.90 Å². The number of nitriles is 1. The van der Waals surface area contributed by atoms with E-state index in [0.717, 1.165) is 25.9 Å². The predicted molar refractivity (Wildman–Crippen MR) is 65.9 cm³/mol. The standard InChI is InChI=1S/C11H19N3OS/c1-9(10(13)15)7-14-5-3-11(8-12,16-2)4-6-14/h9H,3-7H2,1-2H3,(H2,13,15). The second-order valence-electron chi connectivity index (χ2n) is 4.41. The first-order chi connectivity index (χ1) is 7.53. The summed E-state index contributed by atoms with van der Waals surface area (Å²) in [5.74, 6) is -0.356. The first kappa shape index (κ1) is 13.3. The Morgan fingerprint density at radius 1 is 1.62 bits per heavy atom. The molecule has 0 spiro atoms. The Morgan fingerprint density at radius 2 is 2.19 bits per heavy atom. The van der Waals surface area contributed by atoms with Crippen molar-refractivity contribution in [3.8, 4) is 6.07 Å². The maximum absolute atomic E-state index is 11.0. The van der Waals surface area contributed by atoms with Crippen molar-refractivity contribution >= 4 is 17.7 Å². The summed E-state index contributed by atoms with van der Waals surface area (Å²) in [7, 11) is 0. The zero-order valence-electron chi connectivity index (χ0n) is 9.90. The molecule has 4 nitrogen and oxygen atoms in total. The van der Waals surface area contributed by atoms with Gasteiger partial charge in [0.25, 0.3) is 0 Å². The van der Waals surface area contributed by atoms with Crippen LogP contribution in [0, 0.1) is 17.2 Å². The van der Waals surface area contributed by atoms with Crippen molar-refractivity contribution in [2.24, 2.45) is 11.7 Å². The number of carbonyl (C=O) groups excluding carboxylic acids is 1. The lowest BCUT2D eigenvalue weighted by atomic mass is 9.96. The Bertz CT molecular complexity index is 292. The van der Waals surface area contributed by atoms with Gasteiger partial charge in [-0.2, -0.15) is 5.26 Å². The zero-order valence-corrected chi connectivity index (χ0v) is 10.7. The summed E-state index contributed by atoms with van der Waals surface area (Å²) in [5, 5.41) is 9.13. The highest BCUT2D eigenvalue weighted by Crippen LogP contribution is 2.33. The smallest absolute Gasteiger partial charge is 0.221 e. The van der Waals surface area contributed by atoms with Crippen LogP contribution < -0.4 is 5.73 Å². The monoisotopic (exact) mass is 241 g/mol. The van der Waals surface area contributed by atoms with Gasteiger partial charge in [0.05, 0.1) is 6.07 Å². The summed E-state index contributed by atoms with van der Waals surface area (Å²) in [5.41, 5.74) is 5.24. The molecule has 5 heteroatoms. The van der Waals surface area contributed by atoms with E-state index in [0.29, 0.717) is 6.54 Å². The van der Waals surface area contributed by atoms with Crippen molar-refractivity contribution in [1.29, 1.82) is 5.26 Å². The van der Waals surface area contributed by atoms with Crippen LogP contribution in [-0.4, -0.2) is 41.4 Å². The summed E-state index contributed by atoms with van der Waals surface area (Å²) in [6, 6.07) is 2.41. The van der Waals surface area contributed by atoms with Crippen LogP contribution in [0.2, 0.25) is 0 Å². The molecule has 0 aromatic carbocycles. The molecule has 1 saturated heterocycles. The van der Waals surface area contributed by atoms with Gasteiger partial charge in [0.2, 0.25) is 5.91 Å². The minimum Gasteiger partial charge on any atom is -0.369 e. The molecule has 1 rings (SSSR count). The average Bonchev–Trinajstić information content (AvgIpc) is 2.30. The van der Waals surface area contributed by atoms with Crippen molar-refractivity contribution < 1.29 is 4.79 Å². The second kappa shape index (κ2) is 5.55. The molecule has 0 radical (unpaired) electrons. The number of rotatable bonds is 4. The molecule has 1 fully saturated rings. The van der Waals surface area contributed by atoms with Crippen LogP contribution in [-0.2, 0) is 4.79 Å². The molecule has 90 valence electrons. The highest BCUT2D eigenvalue weighted by atomic mass is 32.2. The number of likely N-dealkylation sites (tertiary alicyclic amines) is 1. The number of nitrogens with two attached hydrogens (primary N) is 1. The Kier molecular flexibility index (Phi) is 4.63. The summed E-state index contributed by atoms with van der Waals surface area (Å²) in [6.07, 6.45) is 3.73. The molecule has 1 aliphatic rings. The molecule has 1 unspecified atom stereocenters. The van der Waals surface area contributed by atoms with Gasteiger partial charge in [-0.05, 0) is 19.1 Å². The fourth-order valence-electron chi connectivity index (χ4n) is 1.94. The van der Waals surface area contributed by atoms with E-state index in [1.54, 1.807) is 11.8 Å². The number of piperidine rings is 1. The minimum absolute atomic E-state index is 0.108. The van der Waals surface area contributed by atoms with Crippen molar-refractivity contribution in [3.05, 3.63) is 0 Å². The van der Waals surface area contributed by atoms with Gasteiger partial charge in [0, 0.05) is 25.6 Å². The van der Waals surface area contributed by atoms with Gasteiger partial charge < -0.3 is 10.6 Å². The lowest BCUT2D eigenvalue weighted by Crippen LogP contribution is -2.44. The van der Waals surface area contributed by atoms with Gasteiger partial charge in [-0.3, -0.25) is 4.79 Å². The predicted octanol–water partition coefficient (Wildman–Crippen LogP) is 0.829. The van der Waals surface area contributed by atoms with Crippen molar-refractivity contribution in [2.75, 3.05) is 25.9 Å². The maximum Gasteiger partial charge on any atom is 0.221 e. The van der Waals surface area contributed by atoms with Crippen LogP contribution in [0.25, 0.3) is 0 Å². The van der Waals surface area contributed by atoms with Crippen LogP contribution >= 0.6 is 11.8 Å². The first-order valence-electron chi connectivity index (χ1n) is 5.51. The van der Waals surface area contributed by atoms with E-state index < -0.39 is 0 Å². The number of primary amides is 1. The summed E-state index contributed by atoms with van der Waals surface area (Å²) in [4.78, 5) is 13.2. The lowest BCUT2D eigenvalue weighted by Gasteiger charge is -2.36. The van der Waals surface area contributed by atoms with Gasteiger partial charge in [-0.15, -0.1) is 11.8 Å². The number of hydrogen-bond acceptors (Lipinski definition) is 4. The fourth-order valence-corrected chi connectivity index (χ4v) is 2.62. The lowest BCUT2D eigenvalue weighted by molar-refractivity contribution is -0.121. The Labute approximate surface area is 101 Å². The molecule has 1 heterocycles. The molecule has 2 N–H and O–H groups in total. The van der Waals surface area contributed by atoms with Crippen LogP contribution in [0.1, 0.15) is 19.8 Å². The largest absolute Gasteiger partial charge is 0.369 e. The van der Waals surface area contributed by atoms with Gasteiger partial charge in [-0.25, -0.2) is 0 Å². The Balaban J connectivity index is 2.44. The SMILES string of the molecule is CSC1(C#N)CCN(CC(C)C(N)=O)CC1. The molecule has 1 atom stereocenters. The molecule has 0 saturated carbocycles. The minimum atomic E-state index is -0.248. The molecule has 1 amide bonds. The third kappa shape index (κ3) is 3.13. The number of hydrogen-bond donors (Lipinski definition) is 1. The van der Waals surface area contributed by atoms with E-state index in [2.05, 4.69) is 11.0 Å². The van der Waals surface area contributed by atoms with Crippen LogP contribution in [0.3, 0.4) is 0 Å². The van der Waals surface area contributed by atoms with E-state index in [1.807, 2.05) is 13.2 Å². The number of amides is 1. The average molecular weight is 241 g/mol. The Morgan fingerprint density at radius 3 is 2.56 bits per heavy atom. The summed E-state index contributed by atoms with van der Waals surface area (Å²) >= 11 is 1.64. The van der Waals surface area contributed by atoms with E-state index in [9.17, 15) is 4.79 Å². The van der Waals surface area contributed by atoms with E-state index in [-0.39, 0.29) is 16.6 Å². The van der Waals surface area contributed by atoms with E-state index in [4.69, 9.17) is 11.0 Å². The maximum atomic E-state index is 11.0. The molecular weight excluding hydrogens is 222 g/mol. The number of thioether (sulfide) groups is 1. The van der Waals surface area contributed by atoms with Gasteiger partial charge in [0.15, 0.2) is 0 Å². The molecule has 0 bridgehead atoms. The van der Waals surface area contributed by atoms with Gasteiger partial charge >= 0.3 is 0 Å². The van der Waals surface area contributed by atoms with Crippen LogP contribution in [0.5, 0.6) is 0 Å². The normalized spacial score (nSPS) is 22.3. The third-order valence-electron chi connectivity index (χ3n) is 3.28. The Hall–Kier alpha value is -0.730. The molecular formula is C11H19N3OS. The number of nitrogens with zero attached hydrogens (tertiary/aromatic N) is 2. The quantitative estimate of drug-likeness (QED) is 0.791. The highest BCUT2D eigenvalue weighted by Gasteiger charge is 2.34. The van der Waals surface area contributed by atoms with Gasteiger partial charge in [0.1, 0.15) is 4.75 Å². The van der Waals surface area contributed by atoms with E-state index in [1.165, 1.54) is 0 Å². The number of carbonyl (C=O) groups is 1. The highest BCUT2D eigenvalue weighted by molar-refractivity contribution is 8.00. The topological polar surface area (TPSA) is 70.1 Å². The molecule has 0 aliphatic carbocycles. The van der Waals surface area contributed by atoms with E-state index >= 15 is 0 Å². The van der Waals surface area contributed by atoms with Crippen molar-refractivity contribution in [2.45, 2.75) is 24.5 Å². The molecule has 1 aliphatic heterocycles. The van der Waals surface area contributed by atoms with Crippen LogP contribution in [0.15, 0.2) is 0 Å². The molecule has 0 aromatic heterocycles. The summed E-state index contributed by atoms with van der Waals surface area (Å²) < 4.78 is -0.216. The molecule has 16 heavy (non-hydrogen) atoms. The first-order valence-corrected chi connectivity index (χ1v) is 6.73. The second-order valence-corrected chi connectivity index (χ2v) is 5.60. The fraction of sp³-hybridized carbons (Fsp3) is 0.818. The van der Waals surface area contributed by atoms with Crippen LogP contribution in [0.4, 0.5) is 0 Å².